The van der Waals surface area contributed by atoms with Crippen molar-refractivity contribution < 1.29 is 0 Å². The van der Waals surface area contributed by atoms with E-state index in [0.29, 0.717) is 0 Å². The summed E-state index contributed by atoms with van der Waals surface area (Å²) < 4.78 is 0. The fourth-order valence-corrected chi connectivity index (χ4v) is 4.20. The van der Waals surface area contributed by atoms with E-state index < -0.39 is 0 Å². The second-order valence-electron chi connectivity index (χ2n) is 9.32. The Morgan fingerprint density at radius 2 is 0.571 bits per heavy atom. The lowest BCUT2D eigenvalue weighted by molar-refractivity contribution is 0.540. The highest BCUT2D eigenvalue weighted by Crippen LogP contribution is 2.18. The van der Waals surface area contributed by atoms with Crippen molar-refractivity contribution in [2.75, 3.05) is 0 Å². The van der Waals surface area contributed by atoms with Gasteiger partial charge in [0, 0.05) is 0 Å². The number of allylic oxidation sites excluding steroid dienone is 1. The van der Waals surface area contributed by atoms with Crippen LogP contribution in [0.25, 0.3) is 0 Å². The minimum Gasteiger partial charge on any atom is -0.0999 e. The minimum atomic E-state index is 1.29. The van der Waals surface area contributed by atoms with Gasteiger partial charge in [0.2, 0.25) is 0 Å². The molecule has 0 heteroatoms. The Morgan fingerprint density at radius 3 is 0.821 bits per heavy atom. The van der Waals surface area contributed by atoms with Crippen molar-refractivity contribution in [1.82, 2.24) is 0 Å². The van der Waals surface area contributed by atoms with Crippen LogP contribution in [0, 0.1) is 0 Å². The average Bonchev–Trinajstić information content (AvgIpc) is 2.70. The highest BCUT2D eigenvalue weighted by molar-refractivity contribution is 4.93. The maximum atomic E-state index is 4.32. The van der Waals surface area contributed by atoms with E-state index in [-0.39, 0.29) is 0 Å². The van der Waals surface area contributed by atoms with E-state index in [2.05, 4.69) is 20.4 Å². The highest BCUT2D eigenvalue weighted by Gasteiger charge is 1.98. The molecule has 0 aromatic heterocycles. The van der Waals surface area contributed by atoms with Crippen LogP contribution in [-0.2, 0) is 0 Å². The van der Waals surface area contributed by atoms with Crippen molar-refractivity contribution in [3.05, 3.63) is 12.2 Å². The van der Waals surface area contributed by atoms with Crippen LogP contribution in [0.1, 0.15) is 168 Å². The van der Waals surface area contributed by atoms with Gasteiger partial charge in [-0.25, -0.2) is 0 Å². The van der Waals surface area contributed by atoms with E-state index >= 15 is 0 Å². The van der Waals surface area contributed by atoms with Crippen LogP contribution in [0.15, 0.2) is 12.2 Å². The van der Waals surface area contributed by atoms with E-state index in [9.17, 15) is 0 Å². The first-order valence-corrected chi connectivity index (χ1v) is 13.5. The predicted octanol–water partition coefficient (Wildman–Crippen LogP) is 10.9. The van der Waals surface area contributed by atoms with E-state index in [1.165, 1.54) is 160 Å². The SMILES string of the molecule is C=C(CCCCCCCCCCCC)CCCCCCCCCCCCCC. The molecule has 0 aliphatic carbocycles. The van der Waals surface area contributed by atoms with E-state index in [0.717, 1.165) is 0 Å². The van der Waals surface area contributed by atoms with Crippen molar-refractivity contribution in [2.24, 2.45) is 0 Å². The van der Waals surface area contributed by atoms with Crippen LogP contribution in [0.2, 0.25) is 0 Å². The second-order valence-corrected chi connectivity index (χ2v) is 9.32. The topological polar surface area (TPSA) is 0 Å². The van der Waals surface area contributed by atoms with Crippen LogP contribution < -0.4 is 0 Å². The summed E-state index contributed by atoms with van der Waals surface area (Å²) in [5.41, 5.74) is 1.52. The van der Waals surface area contributed by atoms with Crippen molar-refractivity contribution in [2.45, 2.75) is 168 Å². The molecule has 168 valence electrons. The molecule has 0 radical (unpaired) electrons. The Morgan fingerprint density at radius 1 is 0.357 bits per heavy atom. The quantitative estimate of drug-likeness (QED) is 0.113. The van der Waals surface area contributed by atoms with Gasteiger partial charge in [-0.1, -0.05) is 154 Å². The van der Waals surface area contributed by atoms with Gasteiger partial charge in [0.25, 0.3) is 0 Å². The standard InChI is InChI=1S/C28H56/c1-4-6-8-10-12-14-16-17-19-21-23-25-27-28(3)26-24-22-20-18-15-13-11-9-7-5-2/h3-27H2,1-2H3. The summed E-state index contributed by atoms with van der Waals surface area (Å²) in [5.74, 6) is 0. The molecule has 0 aromatic carbocycles. The fraction of sp³-hybridized carbons (Fsp3) is 0.929. The molecule has 0 saturated heterocycles. The summed E-state index contributed by atoms with van der Waals surface area (Å²) in [6.07, 6.45) is 34.2. The van der Waals surface area contributed by atoms with E-state index in [1.54, 1.807) is 0 Å². The van der Waals surface area contributed by atoms with Gasteiger partial charge in [0.15, 0.2) is 0 Å². The average molecular weight is 393 g/mol. The smallest absolute Gasteiger partial charge is 0.0323 e. The van der Waals surface area contributed by atoms with Crippen molar-refractivity contribution in [3.63, 3.8) is 0 Å². The lowest BCUT2D eigenvalue weighted by atomic mass is 10.00. The lowest BCUT2D eigenvalue weighted by Gasteiger charge is -2.06. The zero-order valence-corrected chi connectivity index (χ0v) is 20.2. The van der Waals surface area contributed by atoms with E-state index in [4.69, 9.17) is 0 Å². The van der Waals surface area contributed by atoms with Crippen LogP contribution in [0.5, 0.6) is 0 Å². The fourth-order valence-electron chi connectivity index (χ4n) is 4.20. The maximum Gasteiger partial charge on any atom is -0.0323 e. The van der Waals surface area contributed by atoms with Crippen molar-refractivity contribution in [3.8, 4) is 0 Å². The molecule has 0 unspecified atom stereocenters. The Labute approximate surface area is 180 Å². The van der Waals surface area contributed by atoms with Crippen LogP contribution in [0.3, 0.4) is 0 Å². The Hall–Kier alpha value is -0.260. The molecule has 0 rings (SSSR count). The lowest BCUT2D eigenvalue weighted by Crippen LogP contribution is -1.87. The van der Waals surface area contributed by atoms with Gasteiger partial charge in [-0.2, -0.15) is 0 Å². The summed E-state index contributed by atoms with van der Waals surface area (Å²) in [7, 11) is 0. The van der Waals surface area contributed by atoms with Gasteiger partial charge in [-0.05, 0) is 25.7 Å². The normalized spacial score (nSPS) is 11.2. The highest BCUT2D eigenvalue weighted by atomic mass is 14.0. The van der Waals surface area contributed by atoms with E-state index in [1.807, 2.05) is 0 Å². The first-order valence-electron chi connectivity index (χ1n) is 13.5. The van der Waals surface area contributed by atoms with Crippen LogP contribution >= 0.6 is 0 Å². The van der Waals surface area contributed by atoms with Gasteiger partial charge in [0.05, 0.1) is 0 Å². The molecular formula is C28H56. The van der Waals surface area contributed by atoms with Gasteiger partial charge >= 0.3 is 0 Å². The summed E-state index contributed by atoms with van der Waals surface area (Å²) in [5, 5.41) is 0. The third kappa shape index (κ3) is 23.8. The Kier molecular flexibility index (Phi) is 24.5. The first-order chi connectivity index (χ1) is 13.8. The summed E-state index contributed by atoms with van der Waals surface area (Å²) >= 11 is 0. The monoisotopic (exact) mass is 392 g/mol. The molecule has 0 heterocycles. The molecular weight excluding hydrogens is 336 g/mol. The summed E-state index contributed by atoms with van der Waals surface area (Å²) in [6, 6.07) is 0. The molecule has 0 fully saturated rings. The zero-order valence-electron chi connectivity index (χ0n) is 20.2. The van der Waals surface area contributed by atoms with Gasteiger partial charge in [-0.15, -0.1) is 0 Å². The number of rotatable bonds is 24. The molecule has 0 N–H and O–H groups in total. The van der Waals surface area contributed by atoms with Gasteiger partial charge < -0.3 is 0 Å². The molecule has 0 atom stereocenters. The second kappa shape index (κ2) is 24.8. The molecule has 0 amide bonds. The first kappa shape index (κ1) is 27.7. The number of unbranched alkanes of at least 4 members (excludes halogenated alkanes) is 20. The summed E-state index contributed by atoms with van der Waals surface area (Å²) in [6.45, 7) is 8.92. The van der Waals surface area contributed by atoms with Gasteiger partial charge in [0.1, 0.15) is 0 Å². The largest absolute Gasteiger partial charge is 0.0999 e. The molecule has 0 aliphatic heterocycles. The van der Waals surface area contributed by atoms with Crippen molar-refractivity contribution >= 4 is 0 Å². The Balaban J connectivity index is 3.13. The number of hydrogen-bond acceptors (Lipinski definition) is 0. The predicted molar refractivity (Wildman–Crippen MR) is 131 cm³/mol. The zero-order chi connectivity index (χ0) is 20.5. The molecule has 0 aliphatic rings. The Bertz CT molecular complexity index is 290. The molecule has 0 bridgehead atoms. The third-order valence-electron chi connectivity index (χ3n) is 6.27. The van der Waals surface area contributed by atoms with Crippen molar-refractivity contribution in [1.29, 1.82) is 0 Å². The molecule has 0 saturated carbocycles. The van der Waals surface area contributed by atoms with Crippen LogP contribution in [-0.4, -0.2) is 0 Å². The molecule has 28 heavy (non-hydrogen) atoms. The number of hydrogen-bond donors (Lipinski definition) is 0. The maximum absolute atomic E-state index is 4.32. The van der Waals surface area contributed by atoms with Gasteiger partial charge in [-0.3, -0.25) is 0 Å². The molecule has 0 spiro atoms. The summed E-state index contributed by atoms with van der Waals surface area (Å²) in [4.78, 5) is 0. The third-order valence-corrected chi connectivity index (χ3v) is 6.27. The molecule has 0 aromatic rings. The minimum absolute atomic E-state index is 1.29. The van der Waals surface area contributed by atoms with Crippen LogP contribution in [0.4, 0.5) is 0 Å². The molecule has 0 nitrogen and oxygen atoms in total.